The van der Waals surface area contributed by atoms with Gasteiger partial charge in [-0.05, 0) is 0 Å². The van der Waals surface area contributed by atoms with E-state index in [0.717, 1.165) is 5.56 Å². The number of rotatable bonds is 9. The molecule has 4 N–H and O–H groups in total. The number of halogens is 2. The number of nitrogens with two attached hydrogens (primary N) is 2. The fraction of sp³-hybridized carbons (Fsp3) is 0.520. The molecule has 0 saturated carbocycles. The molecule has 0 aliphatic rings. The first kappa shape index (κ1) is 26.7. The van der Waals surface area contributed by atoms with E-state index in [1.54, 1.807) is 0 Å². The molecule has 0 bridgehead atoms. The van der Waals surface area contributed by atoms with Crippen molar-refractivity contribution in [3.05, 3.63) is 69.3 Å². The molecule has 0 aliphatic heterocycles. The molecular formula is C25H38Cl2CoN3. The predicted octanol–water partition coefficient (Wildman–Crippen LogP) is 6.70. The van der Waals surface area contributed by atoms with Crippen molar-refractivity contribution in [3.8, 4) is 0 Å². The summed E-state index contributed by atoms with van der Waals surface area (Å²) in [5, 5.41) is 0. The molecule has 0 radical (unpaired) electrons. The first-order valence-corrected chi connectivity index (χ1v) is 14.2. The quantitative estimate of drug-likeness (QED) is 0.395. The van der Waals surface area contributed by atoms with Crippen molar-refractivity contribution in [2.75, 3.05) is 13.1 Å². The van der Waals surface area contributed by atoms with Crippen molar-refractivity contribution in [2.45, 2.75) is 72.4 Å². The molecule has 0 aromatic heterocycles. The fourth-order valence-electron chi connectivity index (χ4n) is 4.41. The second kappa shape index (κ2) is 11.5. The van der Waals surface area contributed by atoms with Gasteiger partial charge in [0, 0.05) is 0 Å². The first-order chi connectivity index (χ1) is 14.4. The van der Waals surface area contributed by atoms with E-state index in [9.17, 15) is 0 Å². The molecule has 2 aromatic rings. The van der Waals surface area contributed by atoms with Gasteiger partial charge < -0.3 is 0 Å². The Bertz CT molecular complexity index is 834. The van der Waals surface area contributed by atoms with Gasteiger partial charge in [0.05, 0.1) is 0 Å². The van der Waals surface area contributed by atoms with Gasteiger partial charge in [-0.1, -0.05) is 0 Å². The normalized spacial score (nSPS) is 14.5. The van der Waals surface area contributed by atoms with Gasteiger partial charge in [-0.3, -0.25) is 0 Å². The summed E-state index contributed by atoms with van der Waals surface area (Å²) in [5.41, 5.74) is 22.1. The molecule has 0 aliphatic carbocycles. The van der Waals surface area contributed by atoms with Gasteiger partial charge in [0.1, 0.15) is 0 Å². The Balaban J connectivity index is 2.36. The number of benzene rings is 2. The molecule has 3 nitrogen and oxygen atoms in total. The summed E-state index contributed by atoms with van der Waals surface area (Å²) in [6, 6.07) is 10.4. The van der Waals surface area contributed by atoms with E-state index in [1.807, 2.05) is 3.95 Å². The third-order valence-electron chi connectivity index (χ3n) is 5.85. The Morgan fingerprint density at radius 2 is 1.23 bits per heavy atom. The zero-order chi connectivity index (χ0) is 23.5. The minimum atomic E-state index is -1.34. The van der Waals surface area contributed by atoms with E-state index in [0.29, 0.717) is 24.9 Å². The third-order valence-corrected chi connectivity index (χ3v) is 8.04. The van der Waals surface area contributed by atoms with Crippen molar-refractivity contribution in [1.82, 2.24) is 3.95 Å². The van der Waals surface area contributed by atoms with Crippen LogP contribution in [0.4, 0.5) is 0 Å². The molecule has 0 heterocycles. The van der Waals surface area contributed by atoms with Crippen LogP contribution < -0.4 is 11.5 Å². The average Bonchev–Trinajstić information content (AvgIpc) is 2.66. The van der Waals surface area contributed by atoms with Crippen LogP contribution >= 0.6 is 20.3 Å². The van der Waals surface area contributed by atoms with Crippen LogP contribution in [-0.2, 0) is 12.1 Å². The monoisotopic (exact) mass is 509 g/mol. The van der Waals surface area contributed by atoms with Crippen LogP contribution in [0.2, 0.25) is 0 Å². The molecule has 2 rings (SSSR count). The van der Waals surface area contributed by atoms with E-state index in [2.05, 4.69) is 78.8 Å². The Hall–Kier alpha value is -0.594. The maximum absolute atomic E-state index is 6.85. The van der Waals surface area contributed by atoms with Crippen LogP contribution in [-0.4, -0.2) is 17.0 Å². The Kier molecular flexibility index (Phi) is 9.90. The van der Waals surface area contributed by atoms with Crippen LogP contribution in [0, 0.1) is 20.8 Å². The molecule has 0 spiro atoms. The molecule has 0 saturated heterocycles. The second-order valence-corrected chi connectivity index (χ2v) is 12.8. The Morgan fingerprint density at radius 3 is 1.61 bits per heavy atom. The van der Waals surface area contributed by atoms with Crippen molar-refractivity contribution < 1.29 is 12.1 Å². The summed E-state index contributed by atoms with van der Waals surface area (Å²) >= 11 is -1.34. The third kappa shape index (κ3) is 6.70. The van der Waals surface area contributed by atoms with Crippen LogP contribution in [0.5, 0.6) is 0 Å². The van der Waals surface area contributed by atoms with E-state index >= 15 is 0 Å². The fourth-order valence-corrected chi connectivity index (χ4v) is 5.86. The summed E-state index contributed by atoms with van der Waals surface area (Å²) in [4.78, 5) is 0. The molecule has 31 heavy (non-hydrogen) atoms. The molecule has 2 aromatic carbocycles. The zero-order valence-electron chi connectivity index (χ0n) is 19.8. The van der Waals surface area contributed by atoms with E-state index in [1.165, 1.54) is 33.4 Å². The van der Waals surface area contributed by atoms with E-state index in [-0.39, 0.29) is 12.1 Å². The predicted molar refractivity (Wildman–Crippen MR) is 132 cm³/mol. The second-order valence-electron chi connectivity index (χ2n) is 9.14. The van der Waals surface area contributed by atoms with Gasteiger partial charge in [-0.2, -0.15) is 0 Å². The van der Waals surface area contributed by atoms with Gasteiger partial charge in [-0.25, -0.2) is 0 Å². The van der Waals surface area contributed by atoms with Crippen molar-refractivity contribution in [1.29, 1.82) is 0 Å². The summed E-state index contributed by atoms with van der Waals surface area (Å²) in [7, 11) is 12.9. The van der Waals surface area contributed by atoms with Gasteiger partial charge in [-0.15, -0.1) is 0 Å². The Labute approximate surface area is 201 Å². The van der Waals surface area contributed by atoms with Crippen LogP contribution in [0.3, 0.4) is 0 Å². The maximum atomic E-state index is 6.85. The SMILES string of the molecule is Cc1cc(C(C)C)c(C(N)C[N](CC(N)c2c(C)cccc2C)[Co]([Cl])[Cl])c(C(C)C)c1. The van der Waals surface area contributed by atoms with Gasteiger partial charge in [0.25, 0.3) is 0 Å². The molecule has 2 unspecified atom stereocenters. The molecule has 0 amide bonds. The number of hydrogen-bond donors (Lipinski definition) is 2. The topological polar surface area (TPSA) is 55.3 Å². The van der Waals surface area contributed by atoms with Gasteiger partial charge in [0.2, 0.25) is 0 Å². The summed E-state index contributed by atoms with van der Waals surface area (Å²) < 4.78 is 2.05. The van der Waals surface area contributed by atoms with E-state index < -0.39 is 12.1 Å². The van der Waals surface area contributed by atoms with Gasteiger partial charge in [0.15, 0.2) is 0 Å². The number of nitrogens with zero attached hydrogens (tertiary/aromatic N) is 1. The summed E-state index contributed by atoms with van der Waals surface area (Å²) in [5.74, 6) is 0.772. The number of aryl methyl sites for hydroxylation is 3. The summed E-state index contributed by atoms with van der Waals surface area (Å²) in [6.07, 6.45) is 0. The minimum absolute atomic E-state index is 0.178. The van der Waals surface area contributed by atoms with Crippen molar-refractivity contribution in [2.24, 2.45) is 11.5 Å². The van der Waals surface area contributed by atoms with E-state index in [4.69, 9.17) is 31.8 Å². The van der Waals surface area contributed by atoms with Crippen LogP contribution in [0.25, 0.3) is 0 Å². The first-order valence-electron chi connectivity index (χ1n) is 10.9. The number of hydrogen-bond acceptors (Lipinski definition) is 3. The van der Waals surface area contributed by atoms with Crippen molar-refractivity contribution >= 4 is 20.3 Å². The summed E-state index contributed by atoms with van der Waals surface area (Å²) in [6.45, 7) is 16.4. The molecule has 2 atom stereocenters. The average molecular weight is 510 g/mol. The Morgan fingerprint density at radius 1 is 0.806 bits per heavy atom. The van der Waals surface area contributed by atoms with Crippen LogP contribution in [0.15, 0.2) is 30.3 Å². The molecule has 176 valence electrons. The zero-order valence-corrected chi connectivity index (χ0v) is 22.4. The van der Waals surface area contributed by atoms with Gasteiger partial charge >= 0.3 is 203 Å². The molecule has 0 fully saturated rings. The van der Waals surface area contributed by atoms with Crippen LogP contribution in [0.1, 0.15) is 90.6 Å². The molecular weight excluding hydrogens is 472 g/mol. The standard InChI is InChI=1S/C25H38N3.2ClH.Co/c1-15(2)20-11-17(5)12-21(16(3)4)25(20)23(27)14-28-13-22(26)24-18(6)9-8-10-19(24)7;;;/h8-12,15-16,22-23H,13-14,26-27H2,1-7H3;2*1H;/q-1;;;+3/p-2. The molecule has 6 heteroatoms. The van der Waals surface area contributed by atoms with Crippen molar-refractivity contribution in [3.63, 3.8) is 0 Å².